The SMILES string of the molecule is CCOC(=O)c1nc(C)sc1Cl. The van der Waals surface area contributed by atoms with E-state index < -0.39 is 5.97 Å². The van der Waals surface area contributed by atoms with Crippen molar-refractivity contribution in [3.63, 3.8) is 0 Å². The van der Waals surface area contributed by atoms with Crippen LogP contribution in [-0.2, 0) is 4.74 Å². The minimum atomic E-state index is -0.452. The van der Waals surface area contributed by atoms with Gasteiger partial charge in [0.15, 0.2) is 5.69 Å². The maximum Gasteiger partial charge on any atom is 0.359 e. The van der Waals surface area contributed by atoms with Crippen LogP contribution in [-0.4, -0.2) is 17.6 Å². The summed E-state index contributed by atoms with van der Waals surface area (Å²) < 4.78 is 5.14. The quantitative estimate of drug-likeness (QED) is 0.696. The molecule has 1 aromatic heterocycles. The van der Waals surface area contributed by atoms with Crippen LogP contribution in [0.5, 0.6) is 0 Å². The molecule has 0 saturated heterocycles. The van der Waals surface area contributed by atoms with Crippen LogP contribution in [0, 0.1) is 6.92 Å². The average molecular weight is 206 g/mol. The van der Waals surface area contributed by atoms with E-state index in [1.807, 2.05) is 0 Å². The van der Waals surface area contributed by atoms with Gasteiger partial charge in [0.05, 0.1) is 11.6 Å². The van der Waals surface area contributed by atoms with Gasteiger partial charge in [-0.2, -0.15) is 0 Å². The van der Waals surface area contributed by atoms with E-state index in [1.165, 1.54) is 11.3 Å². The summed E-state index contributed by atoms with van der Waals surface area (Å²) in [7, 11) is 0. The first-order valence-electron chi connectivity index (χ1n) is 3.45. The van der Waals surface area contributed by atoms with Crippen molar-refractivity contribution in [2.45, 2.75) is 13.8 Å². The molecule has 0 N–H and O–H groups in total. The molecule has 3 nitrogen and oxygen atoms in total. The number of ether oxygens (including phenoxy) is 1. The molecular weight excluding hydrogens is 198 g/mol. The number of hydrogen-bond acceptors (Lipinski definition) is 4. The summed E-state index contributed by atoms with van der Waals surface area (Å²) in [5.74, 6) is -0.452. The van der Waals surface area contributed by atoms with Gasteiger partial charge in [-0.05, 0) is 13.8 Å². The molecule has 0 unspecified atom stereocenters. The molecule has 1 rings (SSSR count). The summed E-state index contributed by atoms with van der Waals surface area (Å²) in [6, 6.07) is 0. The fourth-order valence-corrected chi connectivity index (χ4v) is 1.80. The molecule has 1 heterocycles. The number of thiazole rings is 1. The highest BCUT2D eigenvalue weighted by Gasteiger charge is 2.15. The standard InChI is InChI=1S/C7H8ClNO2S/c1-3-11-7(10)5-6(8)12-4(2)9-5/h3H2,1-2H3. The highest BCUT2D eigenvalue weighted by Crippen LogP contribution is 2.23. The first kappa shape index (κ1) is 9.48. The maximum absolute atomic E-state index is 11.1. The Hall–Kier alpha value is -0.610. The molecule has 0 atom stereocenters. The van der Waals surface area contributed by atoms with Crippen molar-refractivity contribution in [2.24, 2.45) is 0 Å². The Labute approximate surface area is 79.3 Å². The van der Waals surface area contributed by atoms with Crippen LogP contribution in [0.4, 0.5) is 0 Å². The second-order valence-corrected chi connectivity index (χ2v) is 3.88. The van der Waals surface area contributed by atoms with E-state index in [1.54, 1.807) is 13.8 Å². The van der Waals surface area contributed by atoms with Crippen LogP contribution in [0.25, 0.3) is 0 Å². The van der Waals surface area contributed by atoms with Crippen molar-refractivity contribution in [1.29, 1.82) is 0 Å². The van der Waals surface area contributed by atoms with Gasteiger partial charge in [-0.1, -0.05) is 11.6 Å². The predicted octanol–water partition coefficient (Wildman–Crippen LogP) is 2.28. The molecule has 1 aromatic rings. The summed E-state index contributed by atoms with van der Waals surface area (Å²) in [6.07, 6.45) is 0. The van der Waals surface area contributed by atoms with Crippen LogP contribution in [0.15, 0.2) is 0 Å². The zero-order valence-electron chi connectivity index (χ0n) is 6.76. The molecule has 0 spiro atoms. The minimum absolute atomic E-state index is 0.223. The summed E-state index contributed by atoms with van der Waals surface area (Å²) in [6.45, 7) is 3.87. The zero-order valence-corrected chi connectivity index (χ0v) is 8.33. The monoisotopic (exact) mass is 205 g/mol. The third-order valence-electron chi connectivity index (χ3n) is 1.16. The average Bonchev–Trinajstić information content (AvgIpc) is 2.30. The molecule has 0 fully saturated rings. The molecule has 66 valence electrons. The van der Waals surface area contributed by atoms with Crippen molar-refractivity contribution >= 4 is 28.9 Å². The third-order valence-corrected chi connectivity index (χ3v) is 2.33. The van der Waals surface area contributed by atoms with Gasteiger partial charge in [-0.15, -0.1) is 11.3 Å². The van der Waals surface area contributed by atoms with Crippen LogP contribution in [0.2, 0.25) is 4.34 Å². The lowest BCUT2D eigenvalue weighted by atomic mass is 10.5. The van der Waals surface area contributed by atoms with Crippen molar-refractivity contribution in [1.82, 2.24) is 4.98 Å². The Kier molecular flexibility index (Phi) is 3.05. The van der Waals surface area contributed by atoms with Crippen molar-refractivity contribution in [2.75, 3.05) is 6.61 Å². The predicted molar refractivity (Wildman–Crippen MR) is 47.8 cm³/mol. The smallest absolute Gasteiger partial charge is 0.359 e. The van der Waals surface area contributed by atoms with Gasteiger partial charge in [0, 0.05) is 0 Å². The molecule has 0 amide bonds. The summed E-state index contributed by atoms with van der Waals surface area (Å²) >= 11 is 7.01. The molecule has 0 radical (unpaired) electrons. The second kappa shape index (κ2) is 3.87. The van der Waals surface area contributed by atoms with E-state index in [-0.39, 0.29) is 5.69 Å². The number of nitrogens with zero attached hydrogens (tertiary/aromatic N) is 1. The Morgan fingerprint density at radius 3 is 2.83 bits per heavy atom. The van der Waals surface area contributed by atoms with Gasteiger partial charge in [0.25, 0.3) is 0 Å². The highest BCUT2D eigenvalue weighted by molar-refractivity contribution is 7.16. The van der Waals surface area contributed by atoms with Gasteiger partial charge in [-0.25, -0.2) is 9.78 Å². The number of hydrogen-bond donors (Lipinski definition) is 0. The third kappa shape index (κ3) is 1.95. The topological polar surface area (TPSA) is 39.2 Å². The lowest BCUT2D eigenvalue weighted by Gasteiger charge is -1.96. The number of aryl methyl sites for hydroxylation is 1. The lowest BCUT2D eigenvalue weighted by molar-refractivity contribution is 0.0520. The van der Waals surface area contributed by atoms with E-state index in [0.717, 1.165) is 5.01 Å². The zero-order chi connectivity index (χ0) is 9.14. The van der Waals surface area contributed by atoms with Crippen LogP contribution in [0.3, 0.4) is 0 Å². The number of carbonyl (C=O) groups excluding carboxylic acids is 1. The fourth-order valence-electron chi connectivity index (χ4n) is 0.728. The molecule has 5 heteroatoms. The number of aromatic nitrogens is 1. The Bertz CT molecular complexity index is 298. The number of halogens is 1. The second-order valence-electron chi connectivity index (χ2n) is 2.08. The molecular formula is C7H8ClNO2S. The Morgan fingerprint density at radius 1 is 1.75 bits per heavy atom. The van der Waals surface area contributed by atoms with E-state index in [2.05, 4.69) is 4.98 Å². The van der Waals surface area contributed by atoms with E-state index in [4.69, 9.17) is 16.3 Å². The van der Waals surface area contributed by atoms with E-state index in [9.17, 15) is 4.79 Å². The summed E-state index contributed by atoms with van der Waals surface area (Å²) in [5, 5.41) is 0.767. The number of esters is 1. The largest absolute Gasteiger partial charge is 0.461 e. The van der Waals surface area contributed by atoms with Crippen LogP contribution in [0.1, 0.15) is 22.4 Å². The van der Waals surface area contributed by atoms with Crippen LogP contribution >= 0.6 is 22.9 Å². The summed E-state index contributed by atoms with van der Waals surface area (Å²) in [4.78, 5) is 15.1. The Morgan fingerprint density at radius 2 is 2.42 bits per heavy atom. The van der Waals surface area contributed by atoms with Crippen molar-refractivity contribution < 1.29 is 9.53 Å². The lowest BCUT2D eigenvalue weighted by Crippen LogP contribution is -2.05. The number of rotatable bonds is 2. The van der Waals surface area contributed by atoms with Crippen molar-refractivity contribution in [3.05, 3.63) is 15.0 Å². The van der Waals surface area contributed by atoms with Gasteiger partial charge in [-0.3, -0.25) is 0 Å². The first-order chi connectivity index (χ1) is 5.65. The van der Waals surface area contributed by atoms with Gasteiger partial charge >= 0.3 is 5.97 Å². The highest BCUT2D eigenvalue weighted by atomic mass is 35.5. The fraction of sp³-hybridized carbons (Fsp3) is 0.429. The van der Waals surface area contributed by atoms with E-state index in [0.29, 0.717) is 10.9 Å². The number of carbonyl (C=O) groups is 1. The van der Waals surface area contributed by atoms with E-state index >= 15 is 0 Å². The normalized spacial score (nSPS) is 9.92. The molecule has 0 bridgehead atoms. The van der Waals surface area contributed by atoms with Crippen molar-refractivity contribution in [3.8, 4) is 0 Å². The first-order valence-corrected chi connectivity index (χ1v) is 4.64. The molecule has 12 heavy (non-hydrogen) atoms. The Balaban J connectivity index is 2.87. The van der Waals surface area contributed by atoms with Gasteiger partial charge in [0.2, 0.25) is 0 Å². The maximum atomic E-state index is 11.1. The summed E-state index contributed by atoms with van der Waals surface area (Å²) in [5.41, 5.74) is 0.223. The molecule has 0 aromatic carbocycles. The van der Waals surface area contributed by atoms with Crippen LogP contribution < -0.4 is 0 Å². The van der Waals surface area contributed by atoms with Gasteiger partial charge in [0.1, 0.15) is 4.34 Å². The molecule has 0 aliphatic rings. The molecule has 0 saturated carbocycles. The molecule has 0 aliphatic carbocycles. The molecule has 0 aliphatic heterocycles. The van der Waals surface area contributed by atoms with Gasteiger partial charge < -0.3 is 4.74 Å². The minimum Gasteiger partial charge on any atom is -0.461 e.